The van der Waals surface area contributed by atoms with Crippen molar-refractivity contribution in [1.82, 2.24) is 9.80 Å². The maximum atomic E-state index is 12.2. The van der Waals surface area contributed by atoms with Gasteiger partial charge in [0.25, 0.3) is 0 Å². The number of carboxylic acid groups (broad SMARTS) is 1. The fraction of sp³-hybridized carbons (Fsp3) is 0.778. The quantitative estimate of drug-likeness (QED) is 0.790. The average molecular weight is 310 g/mol. The fourth-order valence-corrected chi connectivity index (χ4v) is 1.20. The number of hydrogen-bond acceptors (Lipinski definition) is 2. The molecule has 0 radical (unpaired) electrons. The molecule has 20 heavy (non-hydrogen) atoms. The van der Waals surface area contributed by atoms with E-state index in [0.717, 1.165) is 7.05 Å². The van der Waals surface area contributed by atoms with E-state index in [0.29, 0.717) is 4.90 Å². The zero-order valence-corrected chi connectivity index (χ0v) is 10.3. The van der Waals surface area contributed by atoms with Crippen molar-refractivity contribution in [3.63, 3.8) is 0 Å². The summed E-state index contributed by atoms with van der Waals surface area (Å²) in [7, 11) is 0.860. The van der Waals surface area contributed by atoms with E-state index in [-0.39, 0.29) is 4.90 Å². The van der Waals surface area contributed by atoms with Crippen molar-refractivity contribution < 1.29 is 41.0 Å². The molecule has 0 aliphatic carbocycles. The predicted molar refractivity (Wildman–Crippen MR) is 54.0 cm³/mol. The largest absolute Gasteiger partial charge is 0.480 e. The molecule has 11 heteroatoms. The zero-order valence-electron chi connectivity index (χ0n) is 10.3. The van der Waals surface area contributed by atoms with Crippen molar-refractivity contribution in [2.75, 3.05) is 26.7 Å². The molecule has 0 aromatic carbocycles. The Morgan fingerprint density at radius 3 is 1.90 bits per heavy atom. The molecule has 0 atom stereocenters. The monoisotopic (exact) mass is 310 g/mol. The van der Waals surface area contributed by atoms with Gasteiger partial charge in [-0.2, -0.15) is 26.3 Å². The topological polar surface area (TPSA) is 60.9 Å². The van der Waals surface area contributed by atoms with Crippen LogP contribution < -0.4 is 0 Å². The highest BCUT2D eigenvalue weighted by atomic mass is 19.4. The van der Waals surface area contributed by atoms with Crippen LogP contribution >= 0.6 is 0 Å². The van der Waals surface area contributed by atoms with Gasteiger partial charge in [-0.05, 0) is 0 Å². The van der Waals surface area contributed by atoms with Crippen molar-refractivity contribution in [1.29, 1.82) is 0 Å². The van der Waals surface area contributed by atoms with Crippen molar-refractivity contribution in [2.24, 2.45) is 0 Å². The normalized spacial score (nSPS) is 12.2. The number of hydrogen-bond donors (Lipinski definition) is 1. The lowest BCUT2D eigenvalue weighted by Gasteiger charge is -2.27. The first-order valence-corrected chi connectivity index (χ1v) is 5.17. The Hall–Kier alpha value is -1.68. The molecular weight excluding hydrogens is 298 g/mol. The van der Waals surface area contributed by atoms with Gasteiger partial charge < -0.3 is 14.9 Å². The molecule has 118 valence electrons. The number of nitrogens with zero attached hydrogens (tertiary/aromatic N) is 2. The molecule has 5 nitrogen and oxygen atoms in total. The van der Waals surface area contributed by atoms with Gasteiger partial charge in [0.1, 0.15) is 13.1 Å². The number of carboxylic acids is 1. The molecule has 0 fully saturated rings. The number of aliphatic carboxylic acids is 1. The molecule has 1 N–H and O–H groups in total. The average Bonchev–Trinajstić information content (AvgIpc) is 2.20. The van der Waals surface area contributed by atoms with Gasteiger partial charge in [0.2, 0.25) is 0 Å². The SMILES string of the molecule is CN(CCC(F)(F)F)C(=O)N(CC(=O)O)CC(F)(F)F. The number of carbonyl (C=O) groups excluding carboxylic acids is 1. The second kappa shape index (κ2) is 6.66. The minimum absolute atomic E-state index is 0.0846. The van der Waals surface area contributed by atoms with Crippen molar-refractivity contribution in [3.05, 3.63) is 0 Å². The first-order chi connectivity index (χ1) is 8.82. The molecular formula is C9H12F6N2O3. The third-order valence-electron chi connectivity index (χ3n) is 2.02. The molecule has 0 aliphatic rings. The summed E-state index contributed by atoms with van der Waals surface area (Å²) < 4.78 is 72.3. The molecule has 0 heterocycles. The third-order valence-corrected chi connectivity index (χ3v) is 2.02. The summed E-state index contributed by atoms with van der Waals surface area (Å²) in [4.78, 5) is 22.2. The van der Waals surface area contributed by atoms with Gasteiger partial charge >= 0.3 is 24.4 Å². The van der Waals surface area contributed by atoms with Gasteiger partial charge in [-0.15, -0.1) is 0 Å². The summed E-state index contributed by atoms with van der Waals surface area (Å²) in [6.07, 6.45) is -10.8. The number of amides is 2. The van der Waals surface area contributed by atoms with Crippen molar-refractivity contribution in [3.8, 4) is 0 Å². The highest BCUT2D eigenvalue weighted by Gasteiger charge is 2.36. The van der Waals surface area contributed by atoms with Gasteiger partial charge in [0, 0.05) is 13.6 Å². The van der Waals surface area contributed by atoms with E-state index < -0.39 is 50.4 Å². The minimum Gasteiger partial charge on any atom is -0.480 e. The predicted octanol–water partition coefficient (Wildman–Crippen LogP) is 1.94. The Kier molecular flexibility index (Phi) is 6.10. The smallest absolute Gasteiger partial charge is 0.406 e. The lowest BCUT2D eigenvalue weighted by Crippen LogP contribution is -2.48. The highest BCUT2D eigenvalue weighted by Crippen LogP contribution is 2.21. The molecule has 0 aromatic heterocycles. The molecule has 0 spiro atoms. The lowest BCUT2D eigenvalue weighted by atomic mass is 10.4. The summed E-state index contributed by atoms with van der Waals surface area (Å²) >= 11 is 0. The highest BCUT2D eigenvalue weighted by molar-refractivity contribution is 5.80. The standard InChI is InChI=1S/C9H12F6N2O3/c1-16(3-2-8(10,11)12)7(20)17(4-6(18)19)5-9(13,14)15/h2-5H2,1H3,(H,18,19). The van der Waals surface area contributed by atoms with Gasteiger partial charge in [-0.1, -0.05) is 0 Å². The molecule has 0 rings (SSSR count). The minimum atomic E-state index is -4.85. The maximum Gasteiger partial charge on any atom is 0.406 e. The molecule has 0 aliphatic heterocycles. The lowest BCUT2D eigenvalue weighted by molar-refractivity contribution is -0.151. The van der Waals surface area contributed by atoms with Crippen LogP contribution in [0.5, 0.6) is 0 Å². The van der Waals surface area contributed by atoms with E-state index in [2.05, 4.69) is 0 Å². The number of alkyl halides is 6. The summed E-state index contributed by atoms with van der Waals surface area (Å²) in [6, 6.07) is -1.44. The number of rotatable bonds is 5. The summed E-state index contributed by atoms with van der Waals surface area (Å²) in [5.41, 5.74) is 0. The molecule has 2 amide bonds. The van der Waals surface area contributed by atoms with E-state index in [1.807, 2.05) is 0 Å². The van der Waals surface area contributed by atoms with Crippen molar-refractivity contribution >= 4 is 12.0 Å². The number of carbonyl (C=O) groups is 2. The second-order valence-electron chi connectivity index (χ2n) is 3.93. The van der Waals surface area contributed by atoms with E-state index in [4.69, 9.17) is 5.11 Å². The van der Waals surface area contributed by atoms with Crippen LogP contribution in [-0.4, -0.2) is 65.9 Å². The van der Waals surface area contributed by atoms with Crippen LogP contribution in [0.3, 0.4) is 0 Å². The summed E-state index contributed by atoms with van der Waals surface area (Å²) in [5, 5.41) is 8.41. The molecule has 0 unspecified atom stereocenters. The van der Waals surface area contributed by atoms with Crippen LogP contribution in [0.4, 0.5) is 31.1 Å². The Morgan fingerprint density at radius 1 is 1.05 bits per heavy atom. The second-order valence-corrected chi connectivity index (χ2v) is 3.93. The Labute approximate surface area is 109 Å². The van der Waals surface area contributed by atoms with Crippen LogP contribution in [0.1, 0.15) is 6.42 Å². The van der Waals surface area contributed by atoms with E-state index >= 15 is 0 Å². The fourth-order valence-electron chi connectivity index (χ4n) is 1.20. The Balaban J connectivity index is 4.72. The van der Waals surface area contributed by atoms with Crippen LogP contribution in [0.2, 0.25) is 0 Å². The van der Waals surface area contributed by atoms with Crippen LogP contribution in [0.15, 0.2) is 0 Å². The Morgan fingerprint density at radius 2 is 1.55 bits per heavy atom. The van der Waals surface area contributed by atoms with Gasteiger partial charge in [-0.3, -0.25) is 4.79 Å². The zero-order chi connectivity index (χ0) is 16.1. The van der Waals surface area contributed by atoms with Gasteiger partial charge in [0.15, 0.2) is 0 Å². The molecule has 0 saturated heterocycles. The van der Waals surface area contributed by atoms with E-state index in [1.54, 1.807) is 0 Å². The Bertz CT molecular complexity index is 355. The maximum absolute atomic E-state index is 12.2. The first-order valence-electron chi connectivity index (χ1n) is 5.17. The summed E-state index contributed by atoms with van der Waals surface area (Å²) in [5.74, 6) is -1.70. The van der Waals surface area contributed by atoms with E-state index in [1.165, 1.54) is 0 Å². The number of urea groups is 1. The summed E-state index contributed by atoms with van der Waals surface area (Å²) in [6.45, 7) is -3.97. The van der Waals surface area contributed by atoms with Crippen LogP contribution in [-0.2, 0) is 4.79 Å². The molecule has 0 saturated carbocycles. The van der Waals surface area contributed by atoms with E-state index in [9.17, 15) is 35.9 Å². The molecule has 0 aromatic rings. The molecule has 0 bridgehead atoms. The first kappa shape index (κ1) is 18.3. The van der Waals surface area contributed by atoms with Crippen LogP contribution in [0, 0.1) is 0 Å². The number of halogens is 6. The van der Waals surface area contributed by atoms with Crippen LogP contribution in [0.25, 0.3) is 0 Å². The van der Waals surface area contributed by atoms with Crippen molar-refractivity contribution in [2.45, 2.75) is 18.8 Å². The third kappa shape index (κ3) is 8.43. The van der Waals surface area contributed by atoms with Gasteiger partial charge in [-0.25, -0.2) is 4.79 Å². The van der Waals surface area contributed by atoms with Gasteiger partial charge in [0.05, 0.1) is 6.42 Å².